The Morgan fingerprint density at radius 3 is 2.35 bits per heavy atom. The van der Waals surface area contributed by atoms with Crippen LogP contribution in [0.5, 0.6) is 5.75 Å². The van der Waals surface area contributed by atoms with Crippen LogP contribution >= 0.6 is 0 Å². The maximum atomic E-state index is 9.55. The highest BCUT2D eigenvalue weighted by molar-refractivity contribution is 5.89. The lowest BCUT2D eigenvalue weighted by Gasteiger charge is -2.40. The zero-order chi connectivity index (χ0) is 17.5. The molecular weight excluding hydrogens is 298 g/mol. The standard InChI is InChI=1S/C13H19NO.C4H4O4/c1-10-9-14-7-6-13(10,2)11-4-3-5-12(15)8-11;5-3(6)1-2-4(7)8/h3-5,8,10,14-15H,6-7,9H2,1-2H3;1-2H,(H,5,6)(H,7,8)/b;2-1-. The molecule has 0 saturated carbocycles. The molecular formula is C17H23NO5. The Hall–Kier alpha value is -2.34. The molecule has 1 fully saturated rings. The Morgan fingerprint density at radius 2 is 1.87 bits per heavy atom. The summed E-state index contributed by atoms with van der Waals surface area (Å²) < 4.78 is 0. The van der Waals surface area contributed by atoms with E-state index in [1.807, 2.05) is 12.1 Å². The molecule has 0 aliphatic carbocycles. The summed E-state index contributed by atoms with van der Waals surface area (Å²) in [4.78, 5) is 19.1. The highest BCUT2D eigenvalue weighted by Crippen LogP contribution is 2.37. The Balaban J connectivity index is 0.000000284. The first-order chi connectivity index (χ1) is 10.8. The molecule has 1 saturated heterocycles. The van der Waals surface area contributed by atoms with E-state index in [2.05, 4.69) is 25.2 Å². The number of hydrogen-bond acceptors (Lipinski definition) is 4. The van der Waals surface area contributed by atoms with Gasteiger partial charge in [-0.1, -0.05) is 26.0 Å². The monoisotopic (exact) mass is 321 g/mol. The number of phenols is 1. The first-order valence-electron chi connectivity index (χ1n) is 7.40. The maximum Gasteiger partial charge on any atom is 0.328 e. The SMILES string of the molecule is CC1CNCCC1(C)c1cccc(O)c1.O=C(O)/C=C\C(=O)O. The van der Waals surface area contributed by atoms with Crippen LogP contribution in [0.4, 0.5) is 0 Å². The van der Waals surface area contributed by atoms with Crippen LogP contribution in [0.2, 0.25) is 0 Å². The third kappa shape index (κ3) is 5.75. The molecule has 1 aromatic carbocycles. The molecule has 0 bridgehead atoms. The van der Waals surface area contributed by atoms with Crippen LogP contribution in [-0.2, 0) is 15.0 Å². The highest BCUT2D eigenvalue weighted by Gasteiger charge is 2.35. The summed E-state index contributed by atoms with van der Waals surface area (Å²) in [5.74, 6) is -1.53. The van der Waals surface area contributed by atoms with Gasteiger partial charge in [-0.15, -0.1) is 0 Å². The van der Waals surface area contributed by atoms with Crippen LogP contribution in [0.1, 0.15) is 25.8 Å². The number of phenolic OH excluding ortho intramolecular Hbond substituents is 1. The molecule has 0 amide bonds. The first kappa shape index (κ1) is 18.7. The van der Waals surface area contributed by atoms with Gasteiger partial charge in [0.2, 0.25) is 0 Å². The minimum absolute atomic E-state index is 0.198. The van der Waals surface area contributed by atoms with Crippen molar-refractivity contribution in [2.75, 3.05) is 13.1 Å². The van der Waals surface area contributed by atoms with E-state index in [9.17, 15) is 14.7 Å². The van der Waals surface area contributed by atoms with E-state index < -0.39 is 11.9 Å². The molecule has 6 heteroatoms. The maximum absolute atomic E-state index is 9.55. The lowest BCUT2D eigenvalue weighted by molar-refractivity contribution is -0.134. The van der Waals surface area contributed by atoms with Crippen molar-refractivity contribution in [1.82, 2.24) is 5.32 Å². The Bertz CT molecular complexity index is 568. The second-order valence-corrected chi connectivity index (χ2v) is 5.83. The number of carboxylic acid groups (broad SMARTS) is 2. The number of aliphatic carboxylic acids is 2. The van der Waals surface area contributed by atoms with Gasteiger partial charge in [-0.25, -0.2) is 9.59 Å². The molecule has 126 valence electrons. The summed E-state index contributed by atoms with van der Waals surface area (Å²) in [5.41, 5.74) is 1.46. The molecule has 23 heavy (non-hydrogen) atoms. The minimum Gasteiger partial charge on any atom is -0.508 e. The molecule has 1 aliphatic rings. The normalized spacial score (nSPS) is 23.8. The van der Waals surface area contributed by atoms with Crippen LogP contribution in [0.3, 0.4) is 0 Å². The third-order valence-electron chi connectivity index (χ3n) is 4.23. The van der Waals surface area contributed by atoms with Gasteiger partial charge in [-0.2, -0.15) is 0 Å². The molecule has 2 rings (SSSR count). The molecule has 4 N–H and O–H groups in total. The molecule has 1 aromatic rings. The number of hydrogen-bond donors (Lipinski definition) is 4. The van der Waals surface area contributed by atoms with Gasteiger partial charge in [0.1, 0.15) is 5.75 Å². The van der Waals surface area contributed by atoms with E-state index in [1.54, 1.807) is 6.07 Å². The number of benzene rings is 1. The van der Waals surface area contributed by atoms with E-state index in [-0.39, 0.29) is 5.41 Å². The lowest BCUT2D eigenvalue weighted by atomic mass is 9.68. The molecule has 6 nitrogen and oxygen atoms in total. The van der Waals surface area contributed by atoms with Crippen molar-refractivity contribution < 1.29 is 24.9 Å². The van der Waals surface area contributed by atoms with Crippen molar-refractivity contribution in [1.29, 1.82) is 0 Å². The summed E-state index contributed by atoms with van der Waals surface area (Å²) >= 11 is 0. The zero-order valence-corrected chi connectivity index (χ0v) is 13.3. The lowest BCUT2D eigenvalue weighted by Crippen LogP contribution is -2.44. The number of nitrogens with one attached hydrogen (secondary N) is 1. The Morgan fingerprint density at radius 1 is 1.26 bits per heavy atom. The van der Waals surface area contributed by atoms with Gasteiger partial charge in [0.25, 0.3) is 0 Å². The van der Waals surface area contributed by atoms with E-state index in [1.165, 1.54) is 5.56 Å². The van der Waals surface area contributed by atoms with Crippen LogP contribution < -0.4 is 5.32 Å². The molecule has 2 atom stereocenters. The van der Waals surface area contributed by atoms with Crippen LogP contribution in [0.25, 0.3) is 0 Å². The van der Waals surface area contributed by atoms with E-state index >= 15 is 0 Å². The van der Waals surface area contributed by atoms with Crippen molar-refractivity contribution in [2.45, 2.75) is 25.7 Å². The van der Waals surface area contributed by atoms with E-state index in [4.69, 9.17) is 10.2 Å². The van der Waals surface area contributed by atoms with Gasteiger partial charge in [0.05, 0.1) is 0 Å². The van der Waals surface area contributed by atoms with Gasteiger partial charge < -0.3 is 20.6 Å². The van der Waals surface area contributed by atoms with Crippen molar-refractivity contribution in [2.24, 2.45) is 5.92 Å². The summed E-state index contributed by atoms with van der Waals surface area (Å²) in [5, 5.41) is 28.6. The molecule has 2 unspecified atom stereocenters. The summed E-state index contributed by atoms with van der Waals surface area (Å²) in [6.45, 7) is 6.70. The quantitative estimate of drug-likeness (QED) is 0.634. The first-order valence-corrected chi connectivity index (χ1v) is 7.40. The molecule has 0 radical (unpaired) electrons. The highest BCUT2D eigenvalue weighted by atomic mass is 16.4. The number of carbonyl (C=O) groups is 2. The second kappa shape index (κ2) is 8.33. The largest absolute Gasteiger partial charge is 0.508 e. The van der Waals surface area contributed by atoms with Crippen LogP contribution in [0.15, 0.2) is 36.4 Å². The van der Waals surface area contributed by atoms with E-state index in [0.29, 0.717) is 23.8 Å². The summed E-state index contributed by atoms with van der Waals surface area (Å²) in [7, 11) is 0. The molecule has 0 spiro atoms. The van der Waals surface area contributed by atoms with Crippen molar-refractivity contribution in [3.63, 3.8) is 0 Å². The number of aromatic hydroxyl groups is 1. The fourth-order valence-corrected chi connectivity index (χ4v) is 2.57. The van der Waals surface area contributed by atoms with Crippen molar-refractivity contribution in [3.8, 4) is 5.75 Å². The Kier molecular flexibility index (Phi) is 6.78. The topological polar surface area (TPSA) is 107 Å². The van der Waals surface area contributed by atoms with Gasteiger partial charge >= 0.3 is 11.9 Å². The van der Waals surface area contributed by atoms with Gasteiger partial charge in [0.15, 0.2) is 0 Å². The third-order valence-corrected chi connectivity index (χ3v) is 4.23. The smallest absolute Gasteiger partial charge is 0.328 e. The molecule has 1 aliphatic heterocycles. The second-order valence-electron chi connectivity index (χ2n) is 5.83. The number of piperidine rings is 1. The summed E-state index contributed by atoms with van der Waals surface area (Å²) in [6.07, 6.45) is 2.25. The predicted octanol–water partition coefficient (Wildman–Crippen LogP) is 1.99. The van der Waals surface area contributed by atoms with E-state index in [0.717, 1.165) is 19.5 Å². The number of carboxylic acids is 2. The van der Waals surface area contributed by atoms with Gasteiger partial charge in [-0.3, -0.25) is 0 Å². The summed E-state index contributed by atoms with van der Waals surface area (Å²) in [6, 6.07) is 7.70. The van der Waals surface area contributed by atoms with Crippen molar-refractivity contribution in [3.05, 3.63) is 42.0 Å². The molecule has 0 aromatic heterocycles. The zero-order valence-electron chi connectivity index (χ0n) is 13.3. The van der Waals surface area contributed by atoms with Gasteiger partial charge in [-0.05, 0) is 48.5 Å². The minimum atomic E-state index is -1.26. The fourth-order valence-electron chi connectivity index (χ4n) is 2.57. The Labute approximate surface area is 135 Å². The van der Waals surface area contributed by atoms with Crippen LogP contribution in [-0.4, -0.2) is 40.3 Å². The van der Waals surface area contributed by atoms with Gasteiger partial charge in [0, 0.05) is 12.2 Å². The average Bonchev–Trinajstić information content (AvgIpc) is 2.49. The van der Waals surface area contributed by atoms with Crippen LogP contribution in [0, 0.1) is 5.92 Å². The average molecular weight is 321 g/mol. The molecule has 1 heterocycles. The predicted molar refractivity (Wildman–Crippen MR) is 86.5 cm³/mol. The fraction of sp³-hybridized carbons (Fsp3) is 0.412. The van der Waals surface area contributed by atoms with Crippen molar-refractivity contribution >= 4 is 11.9 Å². The number of rotatable bonds is 3.